The maximum absolute atomic E-state index is 12.0. The Bertz CT molecular complexity index is 896. The number of nitrogens with one attached hydrogen (secondary N) is 2. The number of nitro groups is 1. The van der Waals surface area contributed by atoms with Gasteiger partial charge in [-0.15, -0.1) is 0 Å². The lowest BCUT2D eigenvalue weighted by Gasteiger charge is -2.04. The smallest absolute Gasteiger partial charge is 0.271 e. The molecule has 9 nitrogen and oxygen atoms in total. The SMILES string of the molecule is CC(=O)Nc1ccc(C(=O)N/N=C/c2cc([N+](=O)[O-])cc(Br)c2O)cc1. The molecular formula is C16H13BrN4O5. The van der Waals surface area contributed by atoms with E-state index >= 15 is 0 Å². The number of phenols is 1. The third-order valence-electron chi connectivity index (χ3n) is 3.13. The summed E-state index contributed by atoms with van der Waals surface area (Å²) in [6.07, 6.45) is 1.09. The van der Waals surface area contributed by atoms with Gasteiger partial charge in [0.1, 0.15) is 5.75 Å². The van der Waals surface area contributed by atoms with Crippen molar-refractivity contribution in [2.24, 2.45) is 5.10 Å². The van der Waals surface area contributed by atoms with Crippen molar-refractivity contribution in [3.63, 3.8) is 0 Å². The van der Waals surface area contributed by atoms with Crippen LogP contribution in [0.15, 0.2) is 46.0 Å². The first kappa shape index (κ1) is 19.1. The van der Waals surface area contributed by atoms with Crippen molar-refractivity contribution < 1.29 is 19.6 Å². The maximum atomic E-state index is 12.0. The van der Waals surface area contributed by atoms with Crippen molar-refractivity contribution in [1.29, 1.82) is 0 Å². The monoisotopic (exact) mass is 420 g/mol. The Morgan fingerprint density at radius 1 is 1.27 bits per heavy atom. The molecule has 10 heteroatoms. The Morgan fingerprint density at radius 2 is 1.92 bits per heavy atom. The average Bonchev–Trinajstić information content (AvgIpc) is 2.58. The number of rotatable bonds is 5. The van der Waals surface area contributed by atoms with Crippen LogP contribution in [-0.4, -0.2) is 28.1 Å². The van der Waals surface area contributed by atoms with Gasteiger partial charge in [0.25, 0.3) is 11.6 Å². The van der Waals surface area contributed by atoms with Crippen LogP contribution in [0.5, 0.6) is 5.75 Å². The molecule has 0 aliphatic rings. The van der Waals surface area contributed by atoms with E-state index in [4.69, 9.17) is 0 Å². The summed E-state index contributed by atoms with van der Waals surface area (Å²) in [6.45, 7) is 1.37. The lowest BCUT2D eigenvalue weighted by atomic mass is 10.2. The standard InChI is InChI=1S/C16H13BrN4O5/c1-9(22)19-12-4-2-10(3-5-12)16(24)20-18-8-11-6-13(21(25)26)7-14(17)15(11)23/h2-8,23H,1H3,(H,19,22)(H,20,24)/b18-8+. The largest absolute Gasteiger partial charge is 0.506 e. The molecule has 0 aliphatic carbocycles. The van der Waals surface area contributed by atoms with Crippen LogP contribution in [0.3, 0.4) is 0 Å². The fraction of sp³-hybridized carbons (Fsp3) is 0.0625. The highest BCUT2D eigenvalue weighted by molar-refractivity contribution is 9.10. The van der Waals surface area contributed by atoms with Crippen molar-refractivity contribution in [3.05, 3.63) is 62.1 Å². The topological polar surface area (TPSA) is 134 Å². The molecule has 0 aliphatic heterocycles. The highest BCUT2D eigenvalue weighted by Gasteiger charge is 2.13. The number of carbonyl (C=O) groups is 2. The van der Waals surface area contributed by atoms with Crippen molar-refractivity contribution in [2.75, 3.05) is 5.32 Å². The maximum Gasteiger partial charge on any atom is 0.271 e. The fourth-order valence-corrected chi connectivity index (χ4v) is 2.41. The number of anilines is 1. The van der Waals surface area contributed by atoms with Crippen LogP contribution >= 0.6 is 15.9 Å². The lowest BCUT2D eigenvalue weighted by molar-refractivity contribution is -0.385. The van der Waals surface area contributed by atoms with Gasteiger partial charge in [-0.25, -0.2) is 5.43 Å². The first-order valence-electron chi connectivity index (χ1n) is 7.16. The summed E-state index contributed by atoms with van der Waals surface area (Å²) in [5.41, 5.74) is 2.91. The molecule has 0 unspecified atom stereocenters. The molecule has 26 heavy (non-hydrogen) atoms. The van der Waals surface area contributed by atoms with Crippen molar-refractivity contribution in [1.82, 2.24) is 5.43 Å². The van der Waals surface area contributed by atoms with Gasteiger partial charge >= 0.3 is 0 Å². The third kappa shape index (κ3) is 4.86. The molecule has 2 aromatic carbocycles. The molecule has 0 aromatic heterocycles. The minimum absolute atomic E-state index is 0.0624. The van der Waals surface area contributed by atoms with E-state index in [0.717, 1.165) is 18.3 Å². The van der Waals surface area contributed by atoms with Gasteiger partial charge in [0.15, 0.2) is 0 Å². The Labute approximate surface area is 156 Å². The van der Waals surface area contributed by atoms with Gasteiger partial charge < -0.3 is 10.4 Å². The molecule has 0 radical (unpaired) electrons. The average molecular weight is 421 g/mol. The van der Waals surface area contributed by atoms with E-state index in [9.17, 15) is 24.8 Å². The second-order valence-electron chi connectivity index (χ2n) is 5.08. The summed E-state index contributed by atoms with van der Waals surface area (Å²) in [6, 6.07) is 8.39. The van der Waals surface area contributed by atoms with Gasteiger partial charge in [0.05, 0.1) is 15.6 Å². The molecule has 2 rings (SSSR count). The summed E-state index contributed by atoms with van der Waals surface area (Å²) >= 11 is 3.01. The fourth-order valence-electron chi connectivity index (χ4n) is 1.94. The van der Waals surface area contributed by atoms with Crippen LogP contribution in [0.4, 0.5) is 11.4 Å². The number of halogens is 1. The number of amides is 2. The summed E-state index contributed by atoms with van der Waals surface area (Å²) < 4.78 is 0.132. The molecule has 134 valence electrons. The third-order valence-corrected chi connectivity index (χ3v) is 3.73. The number of aromatic hydroxyl groups is 1. The van der Waals surface area contributed by atoms with Gasteiger partial charge in [0, 0.05) is 35.9 Å². The second kappa shape index (κ2) is 8.21. The number of nitrogens with zero attached hydrogens (tertiary/aromatic N) is 2. The Hall–Kier alpha value is -3.27. The number of carbonyl (C=O) groups excluding carboxylic acids is 2. The molecule has 2 amide bonds. The molecule has 0 bridgehead atoms. The van der Waals surface area contributed by atoms with Gasteiger partial charge in [0.2, 0.25) is 5.91 Å². The lowest BCUT2D eigenvalue weighted by Crippen LogP contribution is -2.17. The molecule has 0 saturated carbocycles. The van der Waals surface area contributed by atoms with Crippen LogP contribution in [0, 0.1) is 10.1 Å². The van der Waals surface area contributed by atoms with Crippen LogP contribution in [-0.2, 0) is 4.79 Å². The van der Waals surface area contributed by atoms with E-state index in [1.54, 1.807) is 12.1 Å². The number of nitro benzene ring substituents is 1. The quantitative estimate of drug-likeness (QED) is 0.388. The van der Waals surface area contributed by atoms with Gasteiger partial charge in [-0.1, -0.05) is 0 Å². The van der Waals surface area contributed by atoms with E-state index in [1.807, 2.05) is 0 Å². The molecule has 2 aromatic rings. The molecule has 0 fully saturated rings. The Balaban J connectivity index is 2.09. The minimum atomic E-state index is -0.614. The zero-order valence-corrected chi connectivity index (χ0v) is 15.0. The normalized spacial score (nSPS) is 10.5. The molecular weight excluding hydrogens is 408 g/mol. The zero-order valence-electron chi connectivity index (χ0n) is 13.4. The number of hydrazone groups is 1. The predicted octanol–water partition coefficient (Wildman–Crippen LogP) is 2.79. The van der Waals surface area contributed by atoms with E-state index in [1.165, 1.54) is 19.1 Å². The Morgan fingerprint density at radius 3 is 2.50 bits per heavy atom. The van der Waals surface area contributed by atoms with Crippen LogP contribution in [0.2, 0.25) is 0 Å². The summed E-state index contributed by atoms with van der Waals surface area (Å²) in [5.74, 6) is -0.998. The van der Waals surface area contributed by atoms with Gasteiger partial charge in [-0.2, -0.15) is 5.10 Å². The zero-order chi connectivity index (χ0) is 19.3. The molecule has 0 heterocycles. The number of hydrogen-bond donors (Lipinski definition) is 3. The van der Waals surface area contributed by atoms with E-state index in [2.05, 4.69) is 31.8 Å². The van der Waals surface area contributed by atoms with E-state index in [-0.39, 0.29) is 27.4 Å². The first-order chi connectivity index (χ1) is 12.3. The highest BCUT2D eigenvalue weighted by atomic mass is 79.9. The van der Waals surface area contributed by atoms with E-state index in [0.29, 0.717) is 11.3 Å². The number of phenolic OH excluding ortho intramolecular Hbond substituents is 1. The molecule has 3 N–H and O–H groups in total. The second-order valence-corrected chi connectivity index (χ2v) is 5.93. The van der Waals surface area contributed by atoms with Crippen LogP contribution in [0.1, 0.15) is 22.8 Å². The highest BCUT2D eigenvalue weighted by Crippen LogP contribution is 2.31. The predicted molar refractivity (Wildman–Crippen MR) is 98.3 cm³/mol. The Kier molecular flexibility index (Phi) is 6.02. The van der Waals surface area contributed by atoms with Gasteiger partial charge in [-0.3, -0.25) is 19.7 Å². The van der Waals surface area contributed by atoms with E-state index < -0.39 is 10.8 Å². The first-order valence-corrected chi connectivity index (χ1v) is 7.95. The van der Waals surface area contributed by atoms with Crippen molar-refractivity contribution in [3.8, 4) is 5.75 Å². The van der Waals surface area contributed by atoms with Crippen molar-refractivity contribution in [2.45, 2.75) is 6.92 Å². The number of non-ortho nitro benzene ring substituents is 1. The van der Waals surface area contributed by atoms with Crippen molar-refractivity contribution >= 4 is 45.3 Å². The van der Waals surface area contributed by atoms with Gasteiger partial charge in [-0.05, 0) is 40.2 Å². The number of hydrogen-bond acceptors (Lipinski definition) is 6. The molecule has 0 atom stereocenters. The minimum Gasteiger partial charge on any atom is -0.506 e. The molecule has 0 spiro atoms. The van der Waals surface area contributed by atoms with Crippen LogP contribution in [0.25, 0.3) is 0 Å². The summed E-state index contributed by atoms with van der Waals surface area (Å²) in [7, 11) is 0. The summed E-state index contributed by atoms with van der Waals surface area (Å²) in [4.78, 5) is 33.2. The molecule has 0 saturated heterocycles. The van der Waals surface area contributed by atoms with Crippen LogP contribution < -0.4 is 10.7 Å². The number of benzene rings is 2. The summed E-state index contributed by atoms with van der Waals surface area (Å²) in [5, 5.41) is 27.0.